The van der Waals surface area contributed by atoms with E-state index in [0.29, 0.717) is 6.54 Å². The number of aryl methyl sites for hydroxylation is 1. The van der Waals surface area contributed by atoms with Gasteiger partial charge in [-0.25, -0.2) is 0 Å². The Balaban J connectivity index is 1.71. The average molecular weight is 305 g/mol. The van der Waals surface area contributed by atoms with Gasteiger partial charge < -0.3 is 10.4 Å². The molecule has 0 bridgehead atoms. The molecule has 0 aromatic heterocycles. The molecule has 2 heteroatoms. The molecule has 2 nitrogen and oxygen atoms in total. The Labute approximate surface area is 137 Å². The maximum absolute atomic E-state index is 10.4. The van der Waals surface area contributed by atoms with Gasteiger partial charge in [0.05, 0.1) is 6.10 Å². The molecule has 0 spiro atoms. The number of benzene rings is 3. The number of hydrogen-bond donors (Lipinski definition) is 2. The molecule has 2 atom stereocenters. The first-order valence-electron chi connectivity index (χ1n) is 8.11. The van der Waals surface area contributed by atoms with Crippen LogP contribution < -0.4 is 5.32 Å². The molecule has 0 saturated carbocycles. The lowest BCUT2D eigenvalue weighted by molar-refractivity contribution is 0.171. The molecule has 0 aliphatic rings. The molecule has 3 rings (SSSR count). The van der Waals surface area contributed by atoms with Crippen LogP contribution in [0.4, 0.5) is 0 Å². The van der Waals surface area contributed by atoms with Crippen molar-refractivity contribution < 1.29 is 5.11 Å². The lowest BCUT2D eigenvalue weighted by Crippen LogP contribution is -2.24. The summed E-state index contributed by atoms with van der Waals surface area (Å²) in [5, 5.41) is 16.3. The number of nitrogens with one attached hydrogen (secondary N) is 1. The molecule has 0 amide bonds. The van der Waals surface area contributed by atoms with Gasteiger partial charge in [0.25, 0.3) is 0 Å². The predicted molar refractivity (Wildman–Crippen MR) is 96.5 cm³/mol. The summed E-state index contributed by atoms with van der Waals surface area (Å²) >= 11 is 0. The van der Waals surface area contributed by atoms with Crippen LogP contribution in [0.15, 0.2) is 66.7 Å². The zero-order valence-electron chi connectivity index (χ0n) is 13.7. The normalized spacial score (nSPS) is 13.9. The monoisotopic (exact) mass is 305 g/mol. The molecule has 0 heterocycles. The number of hydrogen-bond acceptors (Lipinski definition) is 2. The van der Waals surface area contributed by atoms with Crippen LogP contribution in [0.2, 0.25) is 0 Å². The molecule has 3 aromatic rings. The van der Waals surface area contributed by atoms with Gasteiger partial charge in [0.2, 0.25) is 0 Å². The van der Waals surface area contributed by atoms with Crippen molar-refractivity contribution in [3.63, 3.8) is 0 Å². The van der Waals surface area contributed by atoms with Crippen LogP contribution in [0.3, 0.4) is 0 Å². The van der Waals surface area contributed by atoms with Crippen LogP contribution in [0.25, 0.3) is 10.8 Å². The first kappa shape index (κ1) is 15.7. The van der Waals surface area contributed by atoms with E-state index in [1.165, 1.54) is 21.9 Å². The van der Waals surface area contributed by atoms with Gasteiger partial charge >= 0.3 is 0 Å². The highest BCUT2D eigenvalue weighted by Gasteiger charge is 2.12. The molecular weight excluding hydrogens is 282 g/mol. The van der Waals surface area contributed by atoms with E-state index in [-0.39, 0.29) is 6.04 Å². The van der Waals surface area contributed by atoms with Gasteiger partial charge in [0.1, 0.15) is 0 Å². The van der Waals surface area contributed by atoms with E-state index in [0.717, 1.165) is 5.56 Å². The summed E-state index contributed by atoms with van der Waals surface area (Å²) in [6.07, 6.45) is -0.493. The molecule has 0 radical (unpaired) electrons. The third-order valence-corrected chi connectivity index (χ3v) is 4.37. The van der Waals surface area contributed by atoms with Crippen LogP contribution in [0.5, 0.6) is 0 Å². The molecule has 3 aromatic carbocycles. The predicted octanol–water partition coefficient (Wildman–Crippen LogP) is 4.53. The first-order valence-corrected chi connectivity index (χ1v) is 8.11. The second-order valence-corrected chi connectivity index (χ2v) is 6.12. The SMILES string of the molecule is Cc1ccc([C@@H](O)CN[C@@H](C)c2cccc3ccccc23)cc1. The molecule has 0 saturated heterocycles. The summed E-state index contributed by atoms with van der Waals surface area (Å²) in [5.74, 6) is 0. The van der Waals surface area contributed by atoms with Crippen molar-refractivity contribution in [2.45, 2.75) is 26.0 Å². The quantitative estimate of drug-likeness (QED) is 0.725. The van der Waals surface area contributed by atoms with Crippen LogP contribution in [0.1, 0.15) is 35.8 Å². The van der Waals surface area contributed by atoms with Crippen LogP contribution in [-0.2, 0) is 0 Å². The van der Waals surface area contributed by atoms with E-state index in [9.17, 15) is 5.11 Å². The van der Waals surface area contributed by atoms with Gasteiger partial charge in [-0.15, -0.1) is 0 Å². The molecule has 0 aliphatic carbocycles. The fourth-order valence-corrected chi connectivity index (χ4v) is 2.93. The van der Waals surface area contributed by atoms with Gasteiger partial charge in [0.15, 0.2) is 0 Å². The minimum atomic E-state index is -0.493. The van der Waals surface area contributed by atoms with E-state index in [1.807, 2.05) is 24.3 Å². The van der Waals surface area contributed by atoms with Crippen LogP contribution >= 0.6 is 0 Å². The summed E-state index contributed by atoms with van der Waals surface area (Å²) < 4.78 is 0. The van der Waals surface area contributed by atoms with Crippen LogP contribution in [-0.4, -0.2) is 11.7 Å². The van der Waals surface area contributed by atoms with Gasteiger partial charge in [-0.2, -0.15) is 0 Å². The zero-order valence-corrected chi connectivity index (χ0v) is 13.7. The topological polar surface area (TPSA) is 32.3 Å². The zero-order chi connectivity index (χ0) is 16.2. The number of fused-ring (bicyclic) bond motifs is 1. The summed E-state index contributed by atoms with van der Waals surface area (Å²) in [6, 6.07) is 23.0. The second kappa shape index (κ2) is 6.95. The van der Waals surface area contributed by atoms with Crippen molar-refractivity contribution in [1.29, 1.82) is 0 Å². The van der Waals surface area contributed by atoms with Crippen molar-refractivity contribution in [2.75, 3.05) is 6.54 Å². The minimum Gasteiger partial charge on any atom is -0.387 e. The summed E-state index contributed by atoms with van der Waals surface area (Å²) in [5.41, 5.74) is 3.42. The Morgan fingerprint density at radius 3 is 2.39 bits per heavy atom. The summed E-state index contributed by atoms with van der Waals surface area (Å²) in [7, 11) is 0. The third-order valence-electron chi connectivity index (χ3n) is 4.37. The standard InChI is InChI=1S/C21H23NO/c1-15-10-12-18(13-11-15)21(23)14-22-16(2)19-9-5-7-17-6-3-4-8-20(17)19/h3-13,16,21-23H,14H2,1-2H3/t16-,21-/m0/s1. The van der Waals surface area contributed by atoms with E-state index in [1.54, 1.807) is 0 Å². The van der Waals surface area contributed by atoms with Crippen molar-refractivity contribution in [3.05, 3.63) is 83.4 Å². The molecule has 0 fully saturated rings. The minimum absolute atomic E-state index is 0.182. The first-order chi connectivity index (χ1) is 11.1. The summed E-state index contributed by atoms with van der Waals surface area (Å²) in [6.45, 7) is 4.73. The fraction of sp³-hybridized carbons (Fsp3) is 0.238. The maximum Gasteiger partial charge on any atom is 0.0914 e. The lowest BCUT2D eigenvalue weighted by Gasteiger charge is -2.19. The van der Waals surface area contributed by atoms with E-state index < -0.39 is 6.10 Å². The number of aliphatic hydroxyl groups is 1. The molecule has 0 aliphatic heterocycles. The Bertz CT molecular complexity index is 774. The highest BCUT2D eigenvalue weighted by Crippen LogP contribution is 2.24. The number of rotatable bonds is 5. The largest absolute Gasteiger partial charge is 0.387 e. The molecular formula is C21H23NO. The van der Waals surface area contributed by atoms with Crippen LogP contribution in [0, 0.1) is 6.92 Å². The van der Waals surface area contributed by atoms with Gasteiger partial charge in [-0.1, -0.05) is 72.3 Å². The van der Waals surface area contributed by atoms with E-state index >= 15 is 0 Å². The highest BCUT2D eigenvalue weighted by molar-refractivity contribution is 5.86. The number of aliphatic hydroxyl groups excluding tert-OH is 1. The molecule has 2 N–H and O–H groups in total. The Morgan fingerprint density at radius 1 is 0.913 bits per heavy atom. The third kappa shape index (κ3) is 3.61. The second-order valence-electron chi connectivity index (χ2n) is 6.12. The fourth-order valence-electron chi connectivity index (χ4n) is 2.93. The van der Waals surface area contributed by atoms with Gasteiger partial charge in [-0.3, -0.25) is 0 Å². The Kier molecular flexibility index (Phi) is 4.75. The van der Waals surface area contributed by atoms with Crippen molar-refractivity contribution in [1.82, 2.24) is 5.32 Å². The molecule has 118 valence electrons. The smallest absolute Gasteiger partial charge is 0.0914 e. The Hall–Kier alpha value is -2.16. The van der Waals surface area contributed by atoms with Gasteiger partial charge in [-0.05, 0) is 35.7 Å². The van der Waals surface area contributed by atoms with Crippen molar-refractivity contribution in [2.24, 2.45) is 0 Å². The Morgan fingerprint density at radius 2 is 1.61 bits per heavy atom. The molecule has 23 heavy (non-hydrogen) atoms. The van der Waals surface area contributed by atoms with Crippen molar-refractivity contribution in [3.8, 4) is 0 Å². The average Bonchev–Trinajstić information content (AvgIpc) is 2.59. The van der Waals surface area contributed by atoms with Crippen molar-refractivity contribution >= 4 is 10.8 Å². The highest BCUT2D eigenvalue weighted by atomic mass is 16.3. The molecule has 0 unspecified atom stereocenters. The van der Waals surface area contributed by atoms with E-state index in [2.05, 4.69) is 61.6 Å². The maximum atomic E-state index is 10.4. The van der Waals surface area contributed by atoms with E-state index in [4.69, 9.17) is 0 Å². The summed E-state index contributed by atoms with van der Waals surface area (Å²) in [4.78, 5) is 0. The van der Waals surface area contributed by atoms with Gasteiger partial charge in [0, 0.05) is 12.6 Å². The lowest BCUT2D eigenvalue weighted by atomic mass is 9.99.